The van der Waals surface area contributed by atoms with Crippen molar-refractivity contribution >= 4 is 29.0 Å². The van der Waals surface area contributed by atoms with Crippen LogP contribution >= 0.6 is 11.8 Å². The summed E-state index contributed by atoms with van der Waals surface area (Å²) in [7, 11) is 0. The Labute approximate surface area is 154 Å². The monoisotopic (exact) mass is 373 g/mol. The van der Waals surface area contributed by atoms with Gasteiger partial charge in [-0.2, -0.15) is 0 Å². The molecule has 26 heavy (non-hydrogen) atoms. The maximum atomic E-state index is 12.3. The van der Waals surface area contributed by atoms with Gasteiger partial charge in [-0.3, -0.25) is 14.9 Å². The van der Waals surface area contributed by atoms with Crippen LogP contribution in [0.4, 0.5) is 11.4 Å². The van der Waals surface area contributed by atoms with Crippen LogP contribution in [0.5, 0.6) is 0 Å². The summed E-state index contributed by atoms with van der Waals surface area (Å²) in [6, 6.07) is 4.61. The molecule has 0 spiro atoms. The van der Waals surface area contributed by atoms with E-state index in [0.29, 0.717) is 28.9 Å². The molecule has 8 nitrogen and oxygen atoms in total. The predicted octanol–water partition coefficient (Wildman–Crippen LogP) is 3.29. The fourth-order valence-corrected chi connectivity index (χ4v) is 3.38. The zero-order valence-electron chi connectivity index (χ0n) is 14.3. The van der Waals surface area contributed by atoms with Gasteiger partial charge in [0.2, 0.25) is 5.91 Å². The molecule has 0 saturated heterocycles. The molecule has 136 valence electrons. The molecule has 0 bridgehead atoms. The number of nitrogens with zero attached hydrogens (tertiary/aromatic N) is 4. The van der Waals surface area contributed by atoms with Gasteiger partial charge in [0.25, 0.3) is 5.69 Å². The summed E-state index contributed by atoms with van der Waals surface area (Å²) < 4.78 is 1.99. The Morgan fingerprint density at radius 1 is 1.50 bits per heavy atom. The van der Waals surface area contributed by atoms with Crippen LogP contribution in [0.1, 0.15) is 30.1 Å². The van der Waals surface area contributed by atoms with E-state index >= 15 is 0 Å². The first-order valence-electron chi connectivity index (χ1n) is 8.22. The number of rotatable bonds is 8. The minimum atomic E-state index is -0.461. The summed E-state index contributed by atoms with van der Waals surface area (Å²) in [5, 5.41) is 22.8. The van der Waals surface area contributed by atoms with Gasteiger partial charge < -0.3 is 9.88 Å². The molecule has 1 aliphatic carbocycles. The van der Waals surface area contributed by atoms with Gasteiger partial charge in [-0.1, -0.05) is 23.9 Å². The third kappa shape index (κ3) is 3.93. The highest BCUT2D eigenvalue weighted by Gasteiger charge is 2.30. The Kier molecular flexibility index (Phi) is 5.36. The van der Waals surface area contributed by atoms with Crippen molar-refractivity contribution in [1.82, 2.24) is 14.8 Å². The minimum Gasteiger partial charge on any atom is -0.325 e. The van der Waals surface area contributed by atoms with Crippen LogP contribution in [0.2, 0.25) is 0 Å². The Morgan fingerprint density at radius 3 is 2.92 bits per heavy atom. The van der Waals surface area contributed by atoms with Gasteiger partial charge in [0, 0.05) is 18.5 Å². The summed E-state index contributed by atoms with van der Waals surface area (Å²) in [5.41, 5.74) is 0.855. The summed E-state index contributed by atoms with van der Waals surface area (Å²) >= 11 is 1.29. The molecule has 1 fully saturated rings. The van der Waals surface area contributed by atoms with Crippen LogP contribution in [-0.4, -0.2) is 31.3 Å². The van der Waals surface area contributed by atoms with Crippen LogP contribution in [0.3, 0.4) is 0 Å². The summed E-state index contributed by atoms with van der Waals surface area (Å²) in [6.45, 7) is 5.98. The van der Waals surface area contributed by atoms with Gasteiger partial charge in [-0.05, 0) is 25.8 Å². The van der Waals surface area contributed by atoms with E-state index in [1.54, 1.807) is 25.1 Å². The van der Waals surface area contributed by atoms with Gasteiger partial charge in [0.1, 0.15) is 5.82 Å². The van der Waals surface area contributed by atoms with Crippen LogP contribution in [0.25, 0.3) is 0 Å². The zero-order chi connectivity index (χ0) is 18.7. The van der Waals surface area contributed by atoms with Gasteiger partial charge in [0.05, 0.1) is 21.9 Å². The number of carbonyl (C=O) groups is 1. The SMILES string of the molecule is C=CCn1c(SCC(=O)Nc2cccc([N+](=O)[O-])c2C)nnc1C1CC1. The van der Waals surface area contributed by atoms with Crippen molar-refractivity contribution in [3.63, 3.8) is 0 Å². The molecule has 2 aromatic rings. The molecular weight excluding hydrogens is 354 g/mol. The van der Waals surface area contributed by atoms with Crippen molar-refractivity contribution in [3.05, 3.63) is 52.4 Å². The average Bonchev–Trinajstić information content (AvgIpc) is 3.37. The van der Waals surface area contributed by atoms with E-state index < -0.39 is 4.92 Å². The Morgan fingerprint density at radius 2 is 2.27 bits per heavy atom. The highest BCUT2D eigenvalue weighted by Crippen LogP contribution is 2.40. The summed E-state index contributed by atoms with van der Waals surface area (Å²) in [4.78, 5) is 22.8. The fraction of sp³-hybridized carbons (Fsp3) is 0.353. The molecular formula is C17H19N5O3S. The van der Waals surface area contributed by atoms with Gasteiger partial charge >= 0.3 is 0 Å². The second-order valence-electron chi connectivity index (χ2n) is 6.06. The standard InChI is InChI=1S/C17H19N5O3S/c1-3-9-21-16(12-7-8-12)19-20-17(21)26-10-15(23)18-13-5-4-6-14(11(13)2)22(24)25/h3-6,12H,1,7-10H2,2H3,(H,18,23). The molecule has 3 rings (SSSR count). The van der Waals surface area contributed by atoms with E-state index in [4.69, 9.17) is 0 Å². The van der Waals surface area contributed by atoms with Crippen molar-refractivity contribution in [2.45, 2.75) is 37.4 Å². The topological polar surface area (TPSA) is 103 Å². The maximum absolute atomic E-state index is 12.3. The Hall–Kier alpha value is -2.68. The first kappa shape index (κ1) is 18.1. The van der Waals surface area contributed by atoms with Gasteiger partial charge in [-0.15, -0.1) is 16.8 Å². The van der Waals surface area contributed by atoms with Gasteiger partial charge in [0.15, 0.2) is 5.16 Å². The molecule has 0 aliphatic heterocycles. The van der Waals surface area contributed by atoms with E-state index in [2.05, 4.69) is 22.1 Å². The molecule has 1 N–H and O–H groups in total. The highest BCUT2D eigenvalue weighted by molar-refractivity contribution is 7.99. The lowest BCUT2D eigenvalue weighted by Crippen LogP contribution is -2.16. The number of allylic oxidation sites excluding steroid dienone is 1. The number of nitro groups is 1. The Bertz CT molecular complexity index is 860. The molecule has 1 amide bonds. The second-order valence-corrected chi connectivity index (χ2v) is 7.00. The summed E-state index contributed by atoms with van der Waals surface area (Å²) in [6.07, 6.45) is 4.02. The molecule has 1 aliphatic rings. The quantitative estimate of drug-likeness (QED) is 0.330. The number of aromatic nitrogens is 3. The molecule has 1 aromatic heterocycles. The third-order valence-electron chi connectivity index (χ3n) is 4.11. The molecule has 0 unspecified atom stereocenters. The number of anilines is 1. The van der Waals surface area contributed by atoms with Crippen molar-refractivity contribution in [2.75, 3.05) is 11.1 Å². The smallest absolute Gasteiger partial charge is 0.274 e. The lowest BCUT2D eigenvalue weighted by Gasteiger charge is -2.09. The van der Waals surface area contributed by atoms with Crippen LogP contribution in [-0.2, 0) is 11.3 Å². The average molecular weight is 373 g/mol. The van der Waals surface area contributed by atoms with Crippen LogP contribution in [0.15, 0.2) is 36.0 Å². The molecule has 0 atom stereocenters. The van der Waals surface area contributed by atoms with E-state index in [0.717, 1.165) is 18.7 Å². The molecule has 1 saturated carbocycles. The van der Waals surface area contributed by atoms with Crippen molar-refractivity contribution in [2.24, 2.45) is 0 Å². The number of nitrogens with one attached hydrogen (secondary N) is 1. The molecule has 1 aromatic carbocycles. The maximum Gasteiger partial charge on any atom is 0.274 e. The van der Waals surface area contributed by atoms with E-state index in [1.807, 2.05) is 4.57 Å². The van der Waals surface area contributed by atoms with Crippen LogP contribution < -0.4 is 5.32 Å². The Balaban J connectivity index is 1.66. The minimum absolute atomic E-state index is 0.0183. The van der Waals surface area contributed by atoms with E-state index in [1.165, 1.54) is 17.8 Å². The number of hydrogen-bond donors (Lipinski definition) is 1. The lowest BCUT2D eigenvalue weighted by atomic mass is 10.1. The van der Waals surface area contributed by atoms with Crippen LogP contribution in [0, 0.1) is 17.0 Å². The second kappa shape index (κ2) is 7.69. The fourth-order valence-electron chi connectivity index (χ4n) is 2.62. The number of amides is 1. The number of hydrogen-bond acceptors (Lipinski definition) is 6. The first-order valence-corrected chi connectivity index (χ1v) is 9.20. The lowest BCUT2D eigenvalue weighted by molar-refractivity contribution is -0.385. The number of nitro benzene ring substituents is 1. The summed E-state index contributed by atoms with van der Waals surface area (Å²) in [5.74, 6) is 1.29. The van der Waals surface area contributed by atoms with Crippen molar-refractivity contribution in [1.29, 1.82) is 0 Å². The number of benzene rings is 1. The van der Waals surface area contributed by atoms with Crippen molar-refractivity contribution < 1.29 is 9.72 Å². The number of carbonyl (C=O) groups excluding carboxylic acids is 1. The normalized spacial score (nSPS) is 13.4. The highest BCUT2D eigenvalue weighted by atomic mass is 32.2. The molecule has 0 radical (unpaired) electrons. The number of thioether (sulfide) groups is 1. The molecule has 9 heteroatoms. The van der Waals surface area contributed by atoms with E-state index in [9.17, 15) is 14.9 Å². The largest absolute Gasteiger partial charge is 0.325 e. The molecule has 1 heterocycles. The van der Waals surface area contributed by atoms with Crippen molar-refractivity contribution in [3.8, 4) is 0 Å². The van der Waals surface area contributed by atoms with E-state index in [-0.39, 0.29) is 17.3 Å². The van der Waals surface area contributed by atoms with Gasteiger partial charge in [-0.25, -0.2) is 0 Å². The third-order valence-corrected chi connectivity index (χ3v) is 5.07. The zero-order valence-corrected chi connectivity index (χ0v) is 15.2. The first-order chi connectivity index (χ1) is 12.5. The predicted molar refractivity (Wildman–Crippen MR) is 99.4 cm³/mol.